The molecule has 0 N–H and O–H groups in total. The fourth-order valence-corrected chi connectivity index (χ4v) is 14.5. The van der Waals surface area contributed by atoms with Crippen LogP contribution >= 0.6 is 0 Å². The van der Waals surface area contributed by atoms with E-state index in [1.807, 2.05) is 0 Å². The summed E-state index contributed by atoms with van der Waals surface area (Å²) >= 11 is 0. The van der Waals surface area contributed by atoms with Crippen LogP contribution in [0.15, 0.2) is 279 Å². The Morgan fingerprint density at radius 1 is 0.263 bits per heavy atom. The highest BCUT2D eigenvalue weighted by Crippen LogP contribution is 2.55. The van der Waals surface area contributed by atoms with E-state index in [4.69, 9.17) is 0 Å². The number of nitrogens with zero attached hydrogens (tertiary/aromatic N) is 6. The van der Waals surface area contributed by atoms with Crippen LogP contribution < -0.4 is 41.5 Å². The monoisotopic (exact) mass is 1020 g/mol. The molecule has 80 heavy (non-hydrogen) atoms. The van der Waals surface area contributed by atoms with E-state index in [-0.39, 0.29) is 13.7 Å². The maximum atomic E-state index is 2.73. The second kappa shape index (κ2) is 16.5. The highest BCUT2D eigenvalue weighted by Gasteiger charge is 2.52. The lowest BCUT2D eigenvalue weighted by Gasteiger charge is -2.47. The maximum absolute atomic E-state index is 2.73. The molecule has 0 fully saturated rings. The van der Waals surface area contributed by atoms with Gasteiger partial charge in [-0.3, -0.25) is 0 Å². The van der Waals surface area contributed by atoms with Crippen molar-refractivity contribution in [2.24, 2.45) is 0 Å². The Labute approximate surface area is 463 Å². The van der Waals surface area contributed by atoms with Gasteiger partial charge in [0.1, 0.15) is 0 Å². The first-order chi connectivity index (χ1) is 39.8. The molecule has 2 aromatic heterocycles. The number of benzene rings is 12. The third-order valence-electron chi connectivity index (χ3n) is 17.5. The molecule has 0 saturated heterocycles. The van der Waals surface area contributed by atoms with E-state index >= 15 is 0 Å². The Hall–Kier alpha value is -10.4. The molecule has 0 saturated carbocycles. The standard InChI is InChI=1S/C72H46B2N6/c1-7-23-47(24-8-1)75(48-25-9-2-10-26-48)53-39-41-59-63(43-53)77(51-31-15-5-16-32-51)65-46-66-70-67-68-71-57(55-35-19-21-37-61(55)79(71)73(59)69(65)67)45-58-56-36-20-22-38-62(56)80(72(58)68)74(70)60-42-40-54(44-64(60)78(66)52-33-17-6-18-34-52)76(49-27-11-3-12-28-49)50-29-13-4-14-30-50/h1-46H. The van der Waals surface area contributed by atoms with Gasteiger partial charge in [0.25, 0.3) is 0 Å². The summed E-state index contributed by atoms with van der Waals surface area (Å²) in [4.78, 5) is 9.97. The zero-order chi connectivity index (χ0) is 52.2. The third kappa shape index (κ3) is 5.88. The first kappa shape index (κ1) is 43.6. The summed E-state index contributed by atoms with van der Waals surface area (Å²) in [6.07, 6.45) is 0. The second-order valence-electron chi connectivity index (χ2n) is 21.6. The molecule has 6 heterocycles. The predicted octanol–water partition coefficient (Wildman–Crippen LogP) is 16.0. The van der Waals surface area contributed by atoms with Crippen LogP contribution in [0.4, 0.5) is 68.2 Å². The van der Waals surface area contributed by atoms with E-state index in [0.717, 1.165) is 56.9 Å². The van der Waals surface area contributed by atoms with E-state index in [9.17, 15) is 0 Å². The lowest BCUT2D eigenvalue weighted by molar-refractivity contribution is 1.21. The smallest absolute Gasteiger partial charge is 0.333 e. The summed E-state index contributed by atoms with van der Waals surface area (Å²) in [5, 5.41) is 5.13. The Bertz CT molecular complexity index is 4470. The topological polar surface area (TPSA) is 22.8 Å². The number of aromatic nitrogens is 2. The first-order valence-electron chi connectivity index (χ1n) is 27.7. The van der Waals surface area contributed by atoms with Gasteiger partial charge < -0.3 is 28.6 Å². The number of para-hydroxylation sites is 8. The van der Waals surface area contributed by atoms with Crippen LogP contribution in [0.3, 0.4) is 0 Å². The molecule has 4 aliphatic rings. The molecule has 18 rings (SSSR count). The van der Waals surface area contributed by atoms with Gasteiger partial charge in [-0.2, -0.15) is 0 Å². The lowest BCUT2D eigenvalue weighted by Crippen LogP contribution is -2.63. The van der Waals surface area contributed by atoms with Gasteiger partial charge in [0.2, 0.25) is 0 Å². The minimum Gasteiger partial charge on any atom is -0.375 e. The van der Waals surface area contributed by atoms with Crippen molar-refractivity contribution >= 4 is 147 Å². The average molecular weight is 1020 g/mol. The molecular weight excluding hydrogens is 970 g/mol. The van der Waals surface area contributed by atoms with E-state index in [2.05, 4.69) is 308 Å². The van der Waals surface area contributed by atoms with E-state index in [1.165, 1.54) is 88.0 Å². The molecule has 4 aliphatic heterocycles. The first-order valence-corrected chi connectivity index (χ1v) is 27.7. The number of hydrogen-bond donors (Lipinski definition) is 0. The van der Waals surface area contributed by atoms with Crippen molar-refractivity contribution in [3.05, 3.63) is 279 Å². The largest absolute Gasteiger partial charge is 0.375 e. The highest BCUT2D eigenvalue weighted by molar-refractivity contribution is 6.95. The van der Waals surface area contributed by atoms with Gasteiger partial charge in [0, 0.05) is 117 Å². The zero-order valence-corrected chi connectivity index (χ0v) is 43.4. The summed E-state index contributed by atoms with van der Waals surface area (Å²) in [6, 6.07) is 103. The van der Waals surface area contributed by atoms with E-state index < -0.39 is 0 Å². The van der Waals surface area contributed by atoms with Gasteiger partial charge in [0.15, 0.2) is 0 Å². The predicted molar refractivity (Wildman–Crippen MR) is 337 cm³/mol. The molecule has 0 aliphatic carbocycles. The molecule has 0 amide bonds. The molecule has 12 aromatic carbocycles. The fraction of sp³-hybridized carbons (Fsp3) is 0. The Balaban J connectivity index is 1.01. The van der Waals surface area contributed by atoms with Gasteiger partial charge in [-0.25, -0.2) is 0 Å². The Kier molecular flexibility index (Phi) is 9.03. The van der Waals surface area contributed by atoms with Crippen LogP contribution in [0.5, 0.6) is 0 Å². The molecule has 0 bridgehead atoms. The number of rotatable bonds is 8. The van der Waals surface area contributed by atoms with Crippen LogP contribution in [0.25, 0.3) is 54.7 Å². The SMILES string of the molecule is c1ccc(N(c2ccccc2)c2ccc3c(c2)N(c2ccccc2)c2cc4c5c6c2B3n2c3ccccc3c3cc7c8ccccc8n(c7c-6c32)B5c2ccc(N(c3ccccc3)c3ccccc3)cc2N4c2ccccc2)cc1. The molecule has 8 heteroatoms. The molecule has 0 unspecified atom stereocenters. The Morgan fingerprint density at radius 3 is 1.00 bits per heavy atom. The highest BCUT2D eigenvalue weighted by atomic mass is 15.2. The second-order valence-corrected chi connectivity index (χ2v) is 21.6. The maximum Gasteiger partial charge on any atom is 0.333 e. The summed E-state index contributed by atoms with van der Waals surface area (Å²) in [7, 11) is 0. The Morgan fingerprint density at radius 2 is 0.613 bits per heavy atom. The molecule has 370 valence electrons. The van der Waals surface area contributed by atoms with Gasteiger partial charge >= 0.3 is 13.7 Å². The number of hydrogen-bond acceptors (Lipinski definition) is 4. The van der Waals surface area contributed by atoms with Crippen molar-refractivity contribution in [1.82, 2.24) is 8.96 Å². The van der Waals surface area contributed by atoms with Crippen molar-refractivity contribution in [3.63, 3.8) is 0 Å². The van der Waals surface area contributed by atoms with Crippen LogP contribution in [-0.4, -0.2) is 22.7 Å². The summed E-state index contributed by atoms with van der Waals surface area (Å²) < 4.78 is 5.46. The minimum absolute atomic E-state index is 0.153. The minimum atomic E-state index is -0.153. The quantitative estimate of drug-likeness (QED) is 0.142. The van der Waals surface area contributed by atoms with Gasteiger partial charge in [-0.15, -0.1) is 0 Å². The van der Waals surface area contributed by atoms with Gasteiger partial charge in [-0.1, -0.05) is 158 Å². The van der Waals surface area contributed by atoms with Crippen molar-refractivity contribution in [2.75, 3.05) is 19.6 Å². The molecule has 6 nitrogen and oxygen atoms in total. The van der Waals surface area contributed by atoms with Crippen LogP contribution in [-0.2, 0) is 0 Å². The van der Waals surface area contributed by atoms with Crippen molar-refractivity contribution in [1.29, 1.82) is 0 Å². The van der Waals surface area contributed by atoms with Crippen molar-refractivity contribution in [2.45, 2.75) is 0 Å². The summed E-state index contributed by atoms with van der Waals surface area (Å²) in [5.74, 6) is 0. The lowest BCUT2D eigenvalue weighted by atomic mass is 9.39. The van der Waals surface area contributed by atoms with Crippen LogP contribution in [0, 0.1) is 0 Å². The summed E-state index contributed by atoms with van der Waals surface area (Å²) in [6.45, 7) is -0.307. The van der Waals surface area contributed by atoms with Crippen LogP contribution in [0.2, 0.25) is 0 Å². The number of anilines is 12. The van der Waals surface area contributed by atoms with Crippen molar-refractivity contribution < 1.29 is 0 Å². The van der Waals surface area contributed by atoms with Crippen molar-refractivity contribution in [3.8, 4) is 11.1 Å². The van der Waals surface area contributed by atoms with E-state index in [1.54, 1.807) is 0 Å². The number of fused-ring (bicyclic) bond motifs is 12. The van der Waals surface area contributed by atoms with Crippen LogP contribution in [0.1, 0.15) is 0 Å². The zero-order valence-electron chi connectivity index (χ0n) is 43.4. The third-order valence-corrected chi connectivity index (χ3v) is 17.5. The molecule has 0 radical (unpaired) electrons. The van der Waals surface area contributed by atoms with Gasteiger partial charge in [-0.05, 0) is 149 Å². The molecular formula is C72H46B2N6. The van der Waals surface area contributed by atoms with E-state index in [0.29, 0.717) is 0 Å². The molecule has 0 spiro atoms. The summed E-state index contributed by atoms with van der Waals surface area (Å²) in [5.41, 5.74) is 26.4. The normalized spacial score (nSPS) is 13.2. The molecule has 0 atom stereocenters. The fourth-order valence-electron chi connectivity index (χ4n) is 14.5. The molecule has 14 aromatic rings. The van der Waals surface area contributed by atoms with Gasteiger partial charge in [0.05, 0.1) is 0 Å². The average Bonchev–Trinajstić information content (AvgIpc) is 3.40.